The van der Waals surface area contributed by atoms with E-state index in [2.05, 4.69) is 15.3 Å². The van der Waals surface area contributed by atoms with Gasteiger partial charge in [-0.2, -0.15) is 0 Å². The molecule has 0 unspecified atom stereocenters. The molecule has 4 rings (SSSR count). The van der Waals surface area contributed by atoms with E-state index in [4.69, 9.17) is 9.88 Å². The fraction of sp³-hybridized carbons (Fsp3) is 0.227. The number of benzene rings is 2. The number of hydrogen-bond acceptors (Lipinski definition) is 7. The molecule has 0 aliphatic carbocycles. The zero-order valence-corrected chi connectivity index (χ0v) is 18.3. The van der Waals surface area contributed by atoms with Gasteiger partial charge < -0.3 is 15.0 Å². The number of amides is 1. The number of nitrogens with zero attached hydrogens (tertiary/aromatic N) is 3. The van der Waals surface area contributed by atoms with Crippen LogP contribution in [0.25, 0.3) is 11.3 Å². The zero-order valence-electron chi connectivity index (χ0n) is 17.5. The molecule has 0 saturated carbocycles. The van der Waals surface area contributed by atoms with Crippen LogP contribution < -0.4 is 15.2 Å². The van der Waals surface area contributed by atoms with E-state index in [1.54, 1.807) is 11.1 Å². The molecular formula is C22H23N5O4S. The molecule has 1 amide bonds. The summed E-state index contributed by atoms with van der Waals surface area (Å²) in [6, 6.07) is 13.2. The lowest BCUT2D eigenvalue weighted by Gasteiger charge is -2.20. The molecule has 1 aliphatic rings. The summed E-state index contributed by atoms with van der Waals surface area (Å²) in [6.07, 6.45) is 1.70. The highest BCUT2D eigenvalue weighted by Gasteiger charge is 2.22. The minimum atomic E-state index is -3.81. The van der Waals surface area contributed by atoms with E-state index in [0.29, 0.717) is 31.2 Å². The number of rotatable bonds is 5. The van der Waals surface area contributed by atoms with Gasteiger partial charge in [0.15, 0.2) is 0 Å². The third-order valence-electron chi connectivity index (χ3n) is 5.04. The first-order valence-corrected chi connectivity index (χ1v) is 11.6. The molecule has 166 valence electrons. The van der Waals surface area contributed by atoms with Crippen LogP contribution in [0, 0.1) is 0 Å². The van der Waals surface area contributed by atoms with Gasteiger partial charge in [-0.15, -0.1) is 0 Å². The van der Waals surface area contributed by atoms with Crippen molar-refractivity contribution < 1.29 is 17.9 Å². The van der Waals surface area contributed by atoms with Crippen LogP contribution in [0.2, 0.25) is 0 Å². The second-order valence-electron chi connectivity index (χ2n) is 7.26. The standard InChI is InChI=1S/C22H23N5O4S/c1-2-24-22-25-10-9-19(26-22)16-5-8-20-17(13-16)14-27(11-12-31-20)21(28)15-3-6-18(7-4-15)32(23,29)30/h3-10,13H,2,11-12,14H2,1H3,(H2,23,29,30)(H,24,25,26). The number of carbonyl (C=O) groups excluding carboxylic acids is 1. The van der Waals surface area contributed by atoms with Crippen LogP contribution in [-0.4, -0.2) is 48.9 Å². The highest BCUT2D eigenvalue weighted by atomic mass is 32.2. The maximum Gasteiger partial charge on any atom is 0.254 e. The lowest BCUT2D eigenvalue weighted by Crippen LogP contribution is -2.32. The Morgan fingerprint density at radius 1 is 1.19 bits per heavy atom. The zero-order chi connectivity index (χ0) is 22.7. The normalized spacial score (nSPS) is 13.6. The van der Waals surface area contributed by atoms with Crippen molar-refractivity contribution >= 4 is 21.9 Å². The van der Waals surface area contributed by atoms with Crippen LogP contribution in [-0.2, 0) is 16.6 Å². The first kappa shape index (κ1) is 21.7. The predicted octanol–water partition coefficient (Wildman–Crippen LogP) is 2.26. The van der Waals surface area contributed by atoms with E-state index >= 15 is 0 Å². The number of anilines is 1. The van der Waals surface area contributed by atoms with Gasteiger partial charge >= 0.3 is 0 Å². The maximum atomic E-state index is 13.1. The topological polar surface area (TPSA) is 128 Å². The molecule has 0 saturated heterocycles. The number of sulfonamides is 1. The number of ether oxygens (including phenoxy) is 1. The van der Waals surface area contributed by atoms with Gasteiger partial charge in [-0.1, -0.05) is 0 Å². The van der Waals surface area contributed by atoms with E-state index in [1.807, 2.05) is 31.2 Å². The number of carbonyl (C=O) groups is 1. The summed E-state index contributed by atoms with van der Waals surface area (Å²) < 4.78 is 28.8. The number of nitrogens with two attached hydrogens (primary N) is 1. The Hall–Kier alpha value is -3.50. The fourth-order valence-corrected chi connectivity index (χ4v) is 3.97. The summed E-state index contributed by atoms with van der Waals surface area (Å²) >= 11 is 0. The van der Waals surface area contributed by atoms with Crippen molar-refractivity contribution in [3.63, 3.8) is 0 Å². The molecule has 1 aromatic heterocycles. The lowest BCUT2D eigenvalue weighted by atomic mass is 10.1. The van der Waals surface area contributed by atoms with Crippen LogP contribution >= 0.6 is 0 Å². The quantitative estimate of drug-likeness (QED) is 0.606. The molecule has 0 fully saturated rings. The minimum absolute atomic E-state index is 0.0370. The summed E-state index contributed by atoms with van der Waals surface area (Å²) in [6.45, 7) is 3.80. The Kier molecular flexibility index (Phi) is 6.06. The molecule has 0 atom stereocenters. The van der Waals surface area contributed by atoms with E-state index in [-0.39, 0.29) is 10.8 Å². The maximum absolute atomic E-state index is 13.1. The average molecular weight is 454 g/mol. The third-order valence-corrected chi connectivity index (χ3v) is 5.97. The number of hydrogen-bond donors (Lipinski definition) is 2. The Morgan fingerprint density at radius 2 is 1.97 bits per heavy atom. The molecular weight excluding hydrogens is 430 g/mol. The number of fused-ring (bicyclic) bond motifs is 1. The SMILES string of the molecule is CCNc1nccc(-c2ccc3c(c2)CN(C(=O)c2ccc(S(N)(=O)=O)cc2)CCO3)n1. The van der Waals surface area contributed by atoms with Gasteiger partial charge in [0, 0.05) is 36.0 Å². The van der Waals surface area contributed by atoms with E-state index in [9.17, 15) is 13.2 Å². The van der Waals surface area contributed by atoms with Gasteiger partial charge in [-0.3, -0.25) is 4.79 Å². The van der Waals surface area contributed by atoms with Crippen molar-refractivity contribution in [3.05, 3.63) is 65.9 Å². The Morgan fingerprint density at radius 3 is 2.69 bits per heavy atom. The molecule has 2 aromatic carbocycles. The van der Waals surface area contributed by atoms with Crippen LogP contribution in [0.15, 0.2) is 59.6 Å². The van der Waals surface area contributed by atoms with Crippen molar-refractivity contribution in [2.45, 2.75) is 18.4 Å². The Balaban J connectivity index is 1.59. The van der Waals surface area contributed by atoms with Crippen molar-refractivity contribution in [1.29, 1.82) is 0 Å². The number of nitrogens with one attached hydrogen (secondary N) is 1. The van der Waals surface area contributed by atoms with Gasteiger partial charge in [0.2, 0.25) is 16.0 Å². The van der Waals surface area contributed by atoms with Crippen molar-refractivity contribution in [1.82, 2.24) is 14.9 Å². The second-order valence-corrected chi connectivity index (χ2v) is 8.82. The van der Waals surface area contributed by atoms with Crippen molar-refractivity contribution in [2.75, 3.05) is 25.0 Å². The van der Waals surface area contributed by atoms with Crippen LogP contribution in [0.5, 0.6) is 5.75 Å². The van der Waals surface area contributed by atoms with Gasteiger partial charge in [-0.25, -0.2) is 23.5 Å². The molecule has 3 N–H and O–H groups in total. The molecule has 1 aliphatic heterocycles. The molecule has 0 radical (unpaired) electrons. The Labute approximate surface area is 186 Å². The summed E-state index contributed by atoms with van der Waals surface area (Å²) in [5.74, 6) is 1.05. The number of primary sulfonamides is 1. The van der Waals surface area contributed by atoms with E-state index < -0.39 is 10.0 Å². The van der Waals surface area contributed by atoms with Crippen LogP contribution in [0.4, 0.5) is 5.95 Å². The minimum Gasteiger partial charge on any atom is -0.491 e. The molecule has 9 nitrogen and oxygen atoms in total. The molecule has 3 aromatic rings. The average Bonchev–Trinajstić information content (AvgIpc) is 3.00. The highest BCUT2D eigenvalue weighted by Crippen LogP contribution is 2.29. The first-order chi connectivity index (χ1) is 15.3. The second kappa shape index (κ2) is 8.93. The van der Waals surface area contributed by atoms with Crippen molar-refractivity contribution in [3.8, 4) is 17.0 Å². The van der Waals surface area contributed by atoms with Crippen LogP contribution in [0.1, 0.15) is 22.8 Å². The monoisotopic (exact) mass is 453 g/mol. The number of aromatic nitrogens is 2. The lowest BCUT2D eigenvalue weighted by molar-refractivity contribution is 0.0733. The molecule has 10 heteroatoms. The largest absolute Gasteiger partial charge is 0.491 e. The predicted molar refractivity (Wildman–Crippen MR) is 120 cm³/mol. The van der Waals surface area contributed by atoms with E-state index in [1.165, 1.54) is 24.3 Å². The summed E-state index contributed by atoms with van der Waals surface area (Å²) in [5.41, 5.74) is 2.89. The van der Waals surface area contributed by atoms with Gasteiger partial charge in [0.05, 0.1) is 17.1 Å². The molecule has 0 spiro atoms. The van der Waals surface area contributed by atoms with Gasteiger partial charge in [0.1, 0.15) is 12.4 Å². The van der Waals surface area contributed by atoms with Gasteiger partial charge in [-0.05, 0) is 55.5 Å². The van der Waals surface area contributed by atoms with Crippen LogP contribution in [0.3, 0.4) is 0 Å². The van der Waals surface area contributed by atoms with E-state index in [0.717, 1.165) is 29.1 Å². The fourth-order valence-electron chi connectivity index (χ4n) is 3.46. The molecule has 32 heavy (non-hydrogen) atoms. The summed E-state index contributed by atoms with van der Waals surface area (Å²) in [7, 11) is -3.81. The van der Waals surface area contributed by atoms with Crippen molar-refractivity contribution in [2.24, 2.45) is 5.14 Å². The molecule has 2 heterocycles. The Bertz CT molecular complexity index is 1250. The van der Waals surface area contributed by atoms with Gasteiger partial charge in [0.25, 0.3) is 5.91 Å². The highest BCUT2D eigenvalue weighted by molar-refractivity contribution is 7.89. The summed E-state index contributed by atoms with van der Waals surface area (Å²) in [4.78, 5) is 23.4. The molecule has 0 bridgehead atoms. The third kappa shape index (κ3) is 4.71. The summed E-state index contributed by atoms with van der Waals surface area (Å²) in [5, 5.41) is 8.23. The smallest absolute Gasteiger partial charge is 0.254 e. The first-order valence-electron chi connectivity index (χ1n) is 10.1.